The SMILES string of the molecule is C/C=C1/N=C(c2ccc(OC)cc2)C=C(C(F)(F)F)N1N. The van der Waals surface area contributed by atoms with Crippen LogP contribution in [0.1, 0.15) is 12.5 Å². The lowest BCUT2D eigenvalue weighted by atomic mass is 10.1. The summed E-state index contributed by atoms with van der Waals surface area (Å²) in [5, 5.41) is 0.535. The van der Waals surface area contributed by atoms with Gasteiger partial charge in [-0.3, -0.25) is 5.01 Å². The van der Waals surface area contributed by atoms with Crippen LogP contribution in [0.2, 0.25) is 0 Å². The van der Waals surface area contributed by atoms with Gasteiger partial charge in [0, 0.05) is 5.56 Å². The van der Waals surface area contributed by atoms with Crippen LogP contribution in [0.4, 0.5) is 13.2 Å². The van der Waals surface area contributed by atoms with Crippen molar-refractivity contribution in [1.82, 2.24) is 5.01 Å². The molecule has 0 amide bonds. The average Bonchev–Trinajstić information content (AvgIpc) is 2.46. The third kappa shape index (κ3) is 3.08. The summed E-state index contributed by atoms with van der Waals surface area (Å²) in [4.78, 5) is 4.13. The molecule has 0 bridgehead atoms. The smallest absolute Gasteiger partial charge is 0.433 e. The fourth-order valence-corrected chi connectivity index (χ4v) is 1.86. The first-order valence-corrected chi connectivity index (χ1v) is 6.10. The normalized spacial score (nSPS) is 17.6. The standard InChI is InChI=1S/C14H14F3N3O/c1-3-13-19-11(8-12(20(13)18)14(15,16)17)9-4-6-10(21-2)7-5-9/h3-8H,18H2,1-2H3/b13-3-. The monoisotopic (exact) mass is 297 g/mol. The van der Waals surface area contributed by atoms with E-state index >= 15 is 0 Å². The van der Waals surface area contributed by atoms with Gasteiger partial charge in [-0.05, 0) is 43.3 Å². The van der Waals surface area contributed by atoms with E-state index in [1.165, 1.54) is 13.2 Å². The Morgan fingerprint density at radius 2 is 1.86 bits per heavy atom. The Kier molecular flexibility index (Phi) is 4.04. The van der Waals surface area contributed by atoms with Gasteiger partial charge >= 0.3 is 6.18 Å². The number of alkyl halides is 3. The quantitative estimate of drug-likeness (QED) is 0.854. The maximum absolute atomic E-state index is 13.0. The number of ether oxygens (including phenoxy) is 1. The minimum absolute atomic E-state index is 0.0376. The second-order valence-corrected chi connectivity index (χ2v) is 4.27. The van der Waals surface area contributed by atoms with E-state index < -0.39 is 11.9 Å². The lowest BCUT2D eigenvalue weighted by molar-refractivity contribution is -0.109. The van der Waals surface area contributed by atoms with Gasteiger partial charge in [0.25, 0.3) is 0 Å². The minimum Gasteiger partial charge on any atom is -0.497 e. The number of hydrogen-bond acceptors (Lipinski definition) is 4. The molecule has 0 radical (unpaired) electrons. The topological polar surface area (TPSA) is 50.8 Å². The Morgan fingerprint density at radius 1 is 1.24 bits per heavy atom. The summed E-state index contributed by atoms with van der Waals surface area (Å²) in [5.41, 5.74) is -0.221. The Labute approximate surface area is 120 Å². The van der Waals surface area contributed by atoms with E-state index in [0.717, 1.165) is 6.08 Å². The first-order chi connectivity index (χ1) is 9.86. The molecule has 1 aromatic rings. The number of methoxy groups -OCH3 is 1. The van der Waals surface area contributed by atoms with E-state index in [-0.39, 0.29) is 11.5 Å². The zero-order valence-corrected chi connectivity index (χ0v) is 11.5. The molecule has 1 heterocycles. The summed E-state index contributed by atoms with van der Waals surface area (Å²) in [7, 11) is 1.51. The Balaban J connectivity index is 2.48. The third-order valence-corrected chi connectivity index (χ3v) is 2.95. The molecular formula is C14H14F3N3O. The molecule has 21 heavy (non-hydrogen) atoms. The molecule has 7 heteroatoms. The molecule has 0 spiro atoms. The second-order valence-electron chi connectivity index (χ2n) is 4.27. The maximum Gasteiger partial charge on any atom is 0.433 e. The Bertz CT molecular complexity index is 615. The fourth-order valence-electron chi connectivity index (χ4n) is 1.86. The van der Waals surface area contributed by atoms with Crippen molar-refractivity contribution in [2.24, 2.45) is 10.8 Å². The molecular weight excluding hydrogens is 283 g/mol. The van der Waals surface area contributed by atoms with Gasteiger partial charge in [0.2, 0.25) is 0 Å². The number of hydrogen-bond donors (Lipinski definition) is 1. The summed E-state index contributed by atoms with van der Waals surface area (Å²) in [5.74, 6) is 6.11. The summed E-state index contributed by atoms with van der Waals surface area (Å²) < 4.78 is 44.1. The van der Waals surface area contributed by atoms with Crippen LogP contribution in [0.15, 0.2) is 52.9 Å². The third-order valence-electron chi connectivity index (χ3n) is 2.95. The predicted molar refractivity (Wildman–Crippen MR) is 73.5 cm³/mol. The molecule has 0 fully saturated rings. The minimum atomic E-state index is -4.56. The number of nitrogens with two attached hydrogens (primary N) is 1. The van der Waals surface area contributed by atoms with Crippen molar-refractivity contribution < 1.29 is 17.9 Å². The molecule has 1 aliphatic heterocycles. The van der Waals surface area contributed by atoms with Crippen LogP contribution in [-0.2, 0) is 0 Å². The van der Waals surface area contributed by atoms with Crippen molar-refractivity contribution in [3.8, 4) is 5.75 Å². The second kappa shape index (κ2) is 5.61. The van der Waals surface area contributed by atoms with Crippen LogP contribution in [0, 0.1) is 0 Å². The van der Waals surface area contributed by atoms with Crippen molar-refractivity contribution in [3.63, 3.8) is 0 Å². The lowest BCUT2D eigenvalue weighted by Crippen LogP contribution is -2.39. The van der Waals surface area contributed by atoms with Gasteiger partial charge in [-0.2, -0.15) is 13.2 Å². The first-order valence-electron chi connectivity index (χ1n) is 6.10. The molecule has 0 aromatic heterocycles. The van der Waals surface area contributed by atoms with E-state index in [2.05, 4.69) is 4.99 Å². The van der Waals surface area contributed by atoms with Crippen molar-refractivity contribution in [1.29, 1.82) is 0 Å². The molecule has 0 saturated carbocycles. The van der Waals surface area contributed by atoms with E-state index in [9.17, 15) is 13.2 Å². The molecule has 0 unspecified atom stereocenters. The largest absolute Gasteiger partial charge is 0.497 e. The van der Waals surface area contributed by atoms with Crippen LogP contribution in [-0.4, -0.2) is 24.0 Å². The van der Waals surface area contributed by atoms with Crippen molar-refractivity contribution in [2.75, 3.05) is 7.11 Å². The maximum atomic E-state index is 13.0. The van der Waals surface area contributed by atoms with E-state index in [4.69, 9.17) is 10.6 Å². The summed E-state index contributed by atoms with van der Waals surface area (Å²) in [6.45, 7) is 1.57. The highest BCUT2D eigenvalue weighted by Gasteiger charge is 2.40. The van der Waals surface area contributed by atoms with Crippen LogP contribution in [0.5, 0.6) is 5.75 Å². The summed E-state index contributed by atoms with van der Waals surface area (Å²) in [6.07, 6.45) is -2.21. The van der Waals surface area contributed by atoms with E-state index in [1.807, 2.05) is 0 Å². The van der Waals surface area contributed by atoms with Gasteiger partial charge in [0.1, 0.15) is 17.3 Å². The highest BCUT2D eigenvalue weighted by Crippen LogP contribution is 2.32. The van der Waals surface area contributed by atoms with Crippen molar-refractivity contribution >= 4 is 5.71 Å². The molecule has 1 aromatic carbocycles. The zero-order chi connectivity index (χ0) is 15.6. The molecule has 0 aliphatic carbocycles. The van der Waals surface area contributed by atoms with Gasteiger partial charge < -0.3 is 4.74 Å². The molecule has 2 N–H and O–H groups in total. The van der Waals surface area contributed by atoms with Gasteiger partial charge in [-0.1, -0.05) is 0 Å². The van der Waals surface area contributed by atoms with Gasteiger partial charge in [-0.25, -0.2) is 10.8 Å². The summed E-state index contributed by atoms with van der Waals surface area (Å²) >= 11 is 0. The van der Waals surface area contributed by atoms with Gasteiger partial charge in [-0.15, -0.1) is 0 Å². The van der Waals surface area contributed by atoms with E-state index in [0.29, 0.717) is 16.3 Å². The molecule has 0 saturated heterocycles. The zero-order valence-electron chi connectivity index (χ0n) is 11.5. The molecule has 1 aliphatic rings. The number of aliphatic imine (C=N–C) groups is 1. The number of allylic oxidation sites excluding steroid dienone is 3. The van der Waals surface area contributed by atoms with Gasteiger partial charge in [0.05, 0.1) is 12.8 Å². The Morgan fingerprint density at radius 3 is 2.33 bits per heavy atom. The highest BCUT2D eigenvalue weighted by molar-refractivity contribution is 6.10. The predicted octanol–water partition coefficient (Wildman–Crippen LogP) is 2.98. The fraction of sp³-hybridized carbons (Fsp3) is 0.214. The molecule has 0 atom stereocenters. The molecule has 112 valence electrons. The van der Waals surface area contributed by atoms with Gasteiger partial charge in [0.15, 0.2) is 0 Å². The van der Waals surface area contributed by atoms with E-state index in [1.54, 1.807) is 31.2 Å². The molecule has 2 rings (SSSR count). The molecule has 4 nitrogen and oxygen atoms in total. The number of halogens is 3. The van der Waals surface area contributed by atoms with Crippen molar-refractivity contribution in [3.05, 3.63) is 53.5 Å². The first kappa shape index (κ1) is 15.1. The lowest BCUT2D eigenvalue weighted by Gasteiger charge is -2.27. The van der Waals surface area contributed by atoms with Crippen LogP contribution in [0.3, 0.4) is 0 Å². The van der Waals surface area contributed by atoms with Crippen LogP contribution < -0.4 is 10.6 Å². The Hall–Kier alpha value is -2.28. The number of benzene rings is 1. The average molecular weight is 297 g/mol. The highest BCUT2D eigenvalue weighted by atomic mass is 19.4. The number of hydrazine groups is 1. The number of rotatable bonds is 2. The summed E-state index contributed by atoms with van der Waals surface area (Å²) in [6, 6.07) is 6.59. The van der Waals surface area contributed by atoms with Crippen LogP contribution >= 0.6 is 0 Å². The van der Waals surface area contributed by atoms with Crippen LogP contribution in [0.25, 0.3) is 0 Å². The number of nitrogens with zero attached hydrogens (tertiary/aromatic N) is 2. The van der Waals surface area contributed by atoms with Crippen molar-refractivity contribution in [2.45, 2.75) is 13.1 Å².